The zero-order chi connectivity index (χ0) is 41.9. The third-order valence-electron chi connectivity index (χ3n) is 13.1. The molecule has 64 heavy (non-hydrogen) atoms. The molecule has 0 unspecified atom stereocenters. The molecule has 0 radical (unpaired) electrons. The van der Waals surface area contributed by atoms with Gasteiger partial charge in [-0.3, -0.25) is 0 Å². The predicted octanol–water partition coefficient (Wildman–Crippen LogP) is 16.1. The van der Waals surface area contributed by atoms with Crippen molar-refractivity contribution in [2.45, 2.75) is 0 Å². The van der Waals surface area contributed by atoms with E-state index < -0.39 is 0 Å². The molecule has 0 aliphatic carbocycles. The number of hydrogen-bond donors (Lipinski definition) is 0. The molecule has 0 bridgehead atoms. The van der Waals surface area contributed by atoms with E-state index in [0.717, 1.165) is 33.3 Å². The maximum absolute atomic E-state index is 5.49. The molecule has 5 heteroatoms. The maximum Gasteiger partial charge on any atom is 0.166 e. The monoisotopic (exact) mass is 830 g/mol. The van der Waals surface area contributed by atoms with E-state index >= 15 is 0 Å². The van der Waals surface area contributed by atoms with Crippen molar-refractivity contribution >= 4 is 107 Å². The number of thiophene rings is 1. The van der Waals surface area contributed by atoms with Crippen LogP contribution >= 0.6 is 11.3 Å². The molecule has 11 aromatic carbocycles. The number of fused-ring (bicyclic) bond motifs is 13. The van der Waals surface area contributed by atoms with Crippen molar-refractivity contribution in [1.29, 1.82) is 0 Å². The predicted molar refractivity (Wildman–Crippen MR) is 271 cm³/mol. The average Bonchev–Trinajstić information content (AvgIpc) is 3.89. The average molecular weight is 831 g/mol. The fourth-order valence-electron chi connectivity index (χ4n) is 10.1. The lowest BCUT2D eigenvalue weighted by Gasteiger charge is -2.17. The molecular weight excluding hydrogens is 797 g/mol. The van der Waals surface area contributed by atoms with Crippen LogP contribution in [0.3, 0.4) is 0 Å². The number of hydrogen-bond acceptors (Lipinski definition) is 4. The molecule has 0 N–H and O–H groups in total. The van der Waals surface area contributed by atoms with E-state index in [1.165, 1.54) is 84.9 Å². The van der Waals surface area contributed by atoms with E-state index in [9.17, 15) is 0 Å². The Hall–Kier alpha value is -8.25. The van der Waals surface area contributed by atoms with Crippen LogP contribution in [-0.2, 0) is 0 Å². The lowest BCUT2D eigenvalue weighted by Crippen LogP contribution is -2.04. The van der Waals surface area contributed by atoms with Crippen LogP contribution in [0.15, 0.2) is 206 Å². The van der Waals surface area contributed by atoms with Crippen molar-refractivity contribution in [3.05, 3.63) is 206 Å². The van der Waals surface area contributed by atoms with Crippen LogP contribution in [-0.4, -0.2) is 19.5 Å². The van der Waals surface area contributed by atoms with Gasteiger partial charge in [-0.2, -0.15) is 0 Å². The van der Waals surface area contributed by atoms with Gasteiger partial charge < -0.3 is 4.57 Å². The van der Waals surface area contributed by atoms with Crippen molar-refractivity contribution in [2.75, 3.05) is 0 Å². The van der Waals surface area contributed by atoms with Crippen LogP contribution < -0.4 is 0 Å². The van der Waals surface area contributed by atoms with E-state index in [1.54, 1.807) is 0 Å². The summed E-state index contributed by atoms with van der Waals surface area (Å²) in [6, 6.07) is 74.6. The second-order valence-electron chi connectivity index (χ2n) is 16.8. The number of nitrogens with zero attached hydrogens (tertiary/aromatic N) is 4. The van der Waals surface area contributed by atoms with Crippen molar-refractivity contribution in [3.63, 3.8) is 0 Å². The molecule has 0 fully saturated rings. The van der Waals surface area contributed by atoms with E-state index in [0.29, 0.717) is 17.5 Å². The van der Waals surface area contributed by atoms with Gasteiger partial charge in [0.05, 0.1) is 21.4 Å². The summed E-state index contributed by atoms with van der Waals surface area (Å²) in [6.45, 7) is 0. The van der Waals surface area contributed by atoms with Crippen molar-refractivity contribution in [2.24, 2.45) is 0 Å². The molecule has 0 aliphatic rings. The number of rotatable bonds is 4. The standard InChI is InChI=1S/C59H34N4S/c1-2-14-37(15-3-1)57-60-58(43-25-26-45-42(30-43)23-22-35-12-8-10-20-44(35)45)62-59(61-57)49-29-28-48-51-32-39-17-5-7-19-41(39)34-53(51)64-56(48)55(49)63-52-33-40-18-6-4-16-38(40)31-50(52)47-27-24-36-13-9-11-21-46(36)54(47)63/h1-34H. The van der Waals surface area contributed by atoms with E-state index in [1.807, 2.05) is 29.5 Å². The largest absolute Gasteiger partial charge is 0.306 e. The number of aromatic nitrogens is 4. The third-order valence-corrected chi connectivity index (χ3v) is 14.3. The highest BCUT2D eigenvalue weighted by molar-refractivity contribution is 7.26. The molecule has 3 aromatic heterocycles. The lowest BCUT2D eigenvalue weighted by atomic mass is 10.00. The van der Waals surface area contributed by atoms with Gasteiger partial charge in [-0.15, -0.1) is 11.3 Å². The molecule has 0 atom stereocenters. The minimum Gasteiger partial charge on any atom is -0.306 e. The molecule has 3 heterocycles. The summed E-state index contributed by atoms with van der Waals surface area (Å²) in [4.78, 5) is 16.1. The molecule has 0 aliphatic heterocycles. The summed E-state index contributed by atoms with van der Waals surface area (Å²) in [7, 11) is 0. The quantitative estimate of drug-likeness (QED) is 0.166. The normalized spacial score (nSPS) is 12.1. The molecule has 0 spiro atoms. The zero-order valence-corrected chi connectivity index (χ0v) is 35.1. The van der Waals surface area contributed by atoms with E-state index in [4.69, 9.17) is 15.0 Å². The molecule has 296 valence electrons. The van der Waals surface area contributed by atoms with E-state index in [2.05, 4.69) is 193 Å². The van der Waals surface area contributed by atoms with Gasteiger partial charge in [0.1, 0.15) is 0 Å². The third kappa shape index (κ3) is 5.31. The Labute approximate surface area is 371 Å². The van der Waals surface area contributed by atoms with Crippen molar-refractivity contribution < 1.29 is 0 Å². The Balaban J connectivity index is 1.13. The first-order chi connectivity index (χ1) is 31.7. The first kappa shape index (κ1) is 35.4. The summed E-state index contributed by atoms with van der Waals surface area (Å²) in [5.41, 5.74) is 6.19. The topological polar surface area (TPSA) is 43.6 Å². The van der Waals surface area contributed by atoms with Crippen LogP contribution in [0.4, 0.5) is 0 Å². The van der Waals surface area contributed by atoms with Crippen LogP contribution in [0.5, 0.6) is 0 Å². The maximum atomic E-state index is 5.49. The van der Waals surface area contributed by atoms with Gasteiger partial charge in [0.25, 0.3) is 0 Å². The fourth-order valence-corrected chi connectivity index (χ4v) is 11.4. The molecular formula is C59H34N4S. The minimum atomic E-state index is 0.623. The molecule has 0 amide bonds. The van der Waals surface area contributed by atoms with Crippen molar-refractivity contribution in [3.8, 4) is 39.9 Å². The molecule has 14 rings (SSSR count). The second-order valence-corrected chi connectivity index (χ2v) is 17.8. The summed E-state index contributed by atoms with van der Waals surface area (Å²) in [5.74, 6) is 1.88. The Kier molecular flexibility index (Phi) is 7.53. The summed E-state index contributed by atoms with van der Waals surface area (Å²) < 4.78 is 4.95. The van der Waals surface area contributed by atoms with Gasteiger partial charge in [0, 0.05) is 48.3 Å². The van der Waals surface area contributed by atoms with Crippen molar-refractivity contribution in [1.82, 2.24) is 19.5 Å². The summed E-state index contributed by atoms with van der Waals surface area (Å²) in [5, 5.41) is 16.9. The Morgan fingerprint density at radius 3 is 1.66 bits per heavy atom. The Bertz CT molecular complexity index is 4260. The van der Waals surface area contributed by atoms with Gasteiger partial charge >= 0.3 is 0 Å². The van der Waals surface area contributed by atoms with Gasteiger partial charge in [-0.1, -0.05) is 170 Å². The first-order valence-electron chi connectivity index (χ1n) is 21.7. The SMILES string of the molecule is c1ccc(-c2nc(-c3ccc4c(ccc5ccccc54)c3)nc(-c3ccc4c(sc5cc6ccccc6cc54)c3-n3c4cc5ccccc5cc4c4ccc5ccccc5c43)n2)cc1. The minimum absolute atomic E-state index is 0.623. The first-order valence-corrected chi connectivity index (χ1v) is 22.5. The summed E-state index contributed by atoms with van der Waals surface area (Å²) >= 11 is 1.85. The smallest absolute Gasteiger partial charge is 0.166 e. The molecule has 14 aromatic rings. The van der Waals surface area contributed by atoms with Gasteiger partial charge in [0.2, 0.25) is 0 Å². The van der Waals surface area contributed by atoms with Crippen LogP contribution in [0.2, 0.25) is 0 Å². The Morgan fingerprint density at radius 2 is 0.875 bits per heavy atom. The van der Waals surface area contributed by atoms with E-state index in [-0.39, 0.29) is 0 Å². The van der Waals surface area contributed by atoms with Crippen LogP contribution in [0.1, 0.15) is 0 Å². The Morgan fingerprint density at radius 1 is 0.328 bits per heavy atom. The van der Waals surface area contributed by atoms with Gasteiger partial charge in [-0.05, 0) is 84.9 Å². The highest BCUT2D eigenvalue weighted by Gasteiger charge is 2.25. The number of benzene rings is 11. The summed E-state index contributed by atoms with van der Waals surface area (Å²) in [6.07, 6.45) is 0. The van der Waals surface area contributed by atoms with Gasteiger partial charge in [0.15, 0.2) is 17.5 Å². The zero-order valence-electron chi connectivity index (χ0n) is 34.3. The molecule has 0 saturated carbocycles. The fraction of sp³-hybridized carbons (Fsp3) is 0. The molecule has 4 nitrogen and oxygen atoms in total. The molecule has 0 saturated heterocycles. The van der Waals surface area contributed by atoms with Crippen LogP contribution in [0, 0.1) is 0 Å². The van der Waals surface area contributed by atoms with Crippen LogP contribution in [0.25, 0.3) is 136 Å². The highest BCUT2D eigenvalue weighted by atomic mass is 32.1. The van der Waals surface area contributed by atoms with Gasteiger partial charge in [-0.25, -0.2) is 15.0 Å². The highest BCUT2D eigenvalue weighted by Crippen LogP contribution is 2.47. The second kappa shape index (κ2) is 13.6. The lowest BCUT2D eigenvalue weighted by molar-refractivity contribution is 1.07.